The van der Waals surface area contributed by atoms with Crippen LogP contribution in [0.5, 0.6) is 0 Å². The minimum absolute atomic E-state index is 0.0559. The monoisotopic (exact) mass is 332 g/mol. The fourth-order valence-corrected chi connectivity index (χ4v) is 3.42. The van der Waals surface area contributed by atoms with E-state index >= 15 is 0 Å². The Bertz CT molecular complexity index is 899. The van der Waals surface area contributed by atoms with E-state index < -0.39 is 0 Å². The van der Waals surface area contributed by atoms with E-state index in [4.69, 9.17) is 0 Å². The lowest BCUT2D eigenvalue weighted by atomic mass is 10.0. The van der Waals surface area contributed by atoms with Gasteiger partial charge in [-0.2, -0.15) is 0 Å². The van der Waals surface area contributed by atoms with E-state index in [-0.39, 0.29) is 18.6 Å². The van der Waals surface area contributed by atoms with E-state index in [2.05, 4.69) is 35.6 Å². The maximum atomic E-state index is 12.2. The van der Waals surface area contributed by atoms with Gasteiger partial charge in [-0.1, -0.05) is 48.5 Å². The summed E-state index contributed by atoms with van der Waals surface area (Å²) in [7, 11) is 0. The Morgan fingerprint density at radius 1 is 0.960 bits per heavy atom. The molecule has 3 aromatic rings. The molecular formula is C21H20N2O2. The molecule has 0 bridgehead atoms. The maximum Gasteiger partial charge on any atom is 0.268 e. The van der Waals surface area contributed by atoms with Crippen LogP contribution in [0.3, 0.4) is 0 Å². The first kappa shape index (κ1) is 15.7. The highest BCUT2D eigenvalue weighted by Crippen LogP contribution is 2.30. The van der Waals surface area contributed by atoms with Crippen LogP contribution in [-0.4, -0.2) is 28.7 Å². The molecule has 1 aromatic heterocycles. The van der Waals surface area contributed by atoms with Crippen molar-refractivity contribution in [2.24, 2.45) is 0 Å². The normalized spacial score (nSPS) is 16.4. The number of aliphatic hydroxyl groups excluding tert-OH is 1. The zero-order valence-corrected chi connectivity index (χ0v) is 13.9. The number of hydrogen-bond donors (Lipinski definition) is 2. The molecule has 0 fully saturated rings. The third-order valence-electron chi connectivity index (χ3n) is 4.74. The van der Waals surface area contributed by atoms with Crippen molar-refractivity contribution in [2.75, 3.05) is 13.2 Å². The van der Waals surface area contributed by atoms with Gasteiger partial charge in [0, 0.05) is 24.9 Å². The van der Waals surface area contributed by atoms with E-state index in [0.717, 1.165) is 16.7 Å². The Morgan fingerprint density at radius 2 is 1.68 bits per heavy atom. The van der Waals surface area contributed by atoms with Gasteiger partial charge in [-0.3, -0.25) is 4.79 Å². The summed E-state index contributed by atoms with van der Waals surface area (Å²) in [5.74, 6) is -0.0559. The number of carbonyl (C=O) groups excluding carboxylic acids is 1. The Kier molecular flexibility index (Phi) is 4.12. The number of hydrogen-bond acceptors (Lipinski definition) is 2. The molecule has 1 amide bonds. The second-order valence-electron chi connectivity index (χ2n) is 6.34. The summed E-state index contributed by atoms with van der Waals surface area (Å²) in [6.07, 6.45) is 2.66. The number of aliphatic hydroxyl groups is 1. The van der Waals surface area contributed by atoms with E-state index in [1.54, 1.807) is 0 Å². The van der Waals surface area contributed by atoms with Crippen LogP contribution >= 0.6 is 0 Å². The largest absolute Gasteiger partial charge is 0.396 e. The third-order valence-corrected chi connectivity index (χ3v) is 4.74. The Labute approximate surface area is 146 Å². The van der Waals surface area contributed by atoms with E-state index in [1.807, 2.05) is 41.1 Å². The number of benzene rings is 2. The molecule has 25 heavy (non-hydrogen) atoms. The van der Waals surface area contributed by atoms with Crippen molar-refractivity contribution in [1.82, 2.24) is 9.88 Å². The number of fused-ring (bicyclic) bond motifs is 1. The topological polar surface area (TPSA) is 54.3 Å². The second-order valence-corrected chi connectivity index (χ2v) is 6.34. The number of rotatable bonds is 4. The summed E-state index contributed by atoms with van der Waals surface area (Å²) >= 11 is 0. The van der Waals surface area contributed by atoms with Gasteiger partial charge in [0.2, 0.25) is 0 Å². The van der Waals surface area contributed by atoms with Crippen molar-refractivity contribution in [3.8, 4) is 22.3 Å². The number of amides is 1. The molecule has 0 radical (unpaired) electrons. The van der Waals surface area contributed by atoms with Crippen LogP contribution in [0.15, 0.2) is 66.9 Å². The number of aromatic nitrogens is 1. The minimum atomic E-state index is -0.0559. The van der Waals surface area contributed by atoms with Crippen molar-refractivity contribution in [3.63, 3.8) is 0 Å². The molecule has 1 aliphatic heterocycles. The lowest BCUT2D eigenvalue weighted by molar-refractivity contribution is 0.0907. The quantitative estimate of drug-likeness (QED) is 0.768. The average molecular weight is 332 g/mol. The fraction of sp³-hybridized carbons (Fsp3) is 0.190. The minimum Gasteiger partial charge on any atom is -0.396 e. The first-order valence-corrected chi connectivity index (χ1v) is 8.53. The summed E-state index contributed by atoms with van der Waals surface area (Å²) in [6.45, 7) is 0.668. The highest BCUT2D eigenvalue weighted by molar-refractivity contribution is 5.95. The number of carbonyl (C=O) groups is 1. The molecule has 0 saturated carbocycles. The lowest BCUT2D eigenvalue weighted by Gasteiger charge is -2.25. The van der Waals surface area contributed by atoms with Crippen molar-refractivity contribution < 1.29 is 9.90 Å². The predicted molar refractivity (Wildman–Crippen MR) is 98.4 cm³/mol. The molecule has 4 rings (SSSR count). The molecule has 1 atom stereocenters. The van der Waals surface area contributed by atoms with Crippen LogP contribution in [0.1, 0.15) is 23.0 Å². The van der Waals surface area contributed by atoms with Gasteiger partial charge in [0.05, 0.1) is 6.04 Å². The maximum absolute atomic E-state index is 12.2. The Morgan fingerprint density at radius 3 is 2.44 bits per heavy atom. The predicted octanol–water partition coefficient (Wildman–Crippen LogP) is 3.49. The van der Waals surface area contributed by atoms with Gasteiger partial charge in [0.1, 0.15) is 5.69 Å². The molecule has 0 saturated heterocycles. The van der Waals surface area contributed by atoms with E-state index in [0.29, 0.717) is 18.7 Å². The molecule has 1 aliphatic rings. The molecule has 2 N–H and O–H groups in total. The van der Waals surface area contributed by atoms with Crippen LogP contribution < -0.4 is 5.32 Å². The first-order valence-electron chi connectivity index (χ1n) is 8.53. The zero-order chi connectivity index (χ0) is 17.2. The van der Waals surface area contributed by atoms with Crippen LogP contribution in [0.4, 0.5) is 0 Å². The van der Waals surface area contributed by atoms with Gasteiger partial charge in [0.25, 0.3) is 5.91 Å². The summed E-state index contributed by atoms with van der Waals surface area (Å²) in [4.78, 5) is 12.2. The third kappa shape index (κ3) is 2.96. The Hall–Kier alpha value is -2.85. The molecule has 0 aliphatic carbocycles. The van der Waals surface area contributed by atoms with Crippen LogP contribution in [0.2, 0.25) is 0 Å². The second kappa shape index (κ2) is 6.57. The van der Waals surface area contributed by atoms with Crippen molar-refractivity contribution in [2.45, 2.75) is 12.5 Å². The molecule has 126 valence electrons. The van der Waals surface area contributed by atoms with Crippen molar-refractivity contribution in [1.29, 1.82) is 0 Å². The summed E-state index contributed by atoms with van der Waals surface area (Å²) in [5.41, 5.74) is 5.08. The molecular weight excluding hydrogens is 312 g/mol. The molecule has 1 unspecified atom stereocenters. The lowest BCUT2D eigenvalue weighted by Crippen LogP contribution is -2.38. The van der Waals surface area contributed by atoms with Gasteiger partial charge in [-0.25, -0.2) is 0 Å². The zero-order valence-electron chi connectivity index (χ0n) is 13.9. The summed E-state index contributed by atoms with van der Waals surface area (Å²) < 4.78 is 2.00. The number of nitrogens with zero attached hydrogens (tertiary/aromatic N) is 1. The first-order chi connectivity index (χ1) is 12.3. The van der Waals surface area contributed by atoms with E-state index in [9.17, 15) is 9.90 Å². The van der Waals surface area contributed by atoms with Crippen molar-refractivity contribution >= 4 is 5.91 Å². The van der Waals surface area contributed by atoms with Gasteiger partial charge in [-0.05, 0) is 35.2 Å². The van der Waals surface area contributed by atoms with Gasteiger partial charge >= 0.3 is 0 Å². The molecule has 0 spiro atoms. The van der Waals surface area contributed by atoms with Crippen LogP contribution in [0, 0.1) is 0 Å². The summed E-state index contributed by atoms with van der Waals surface area (Å²) in [5, 5.41) is 12.2. The van der Waals surface area contributed by atoms with Crippen LogP contribution in [0.25, 0.3) is 22.3 Å². The standard InChI is InChI=1S/C21H20N2O2/c24-10-9-19-13-22-21(25)20-12-18(14-23(19)20)17-8-4-7-16(11-17)15-5-2-1-3-6-15/h1-8,11-12,14,19,24H,9-10,13H2,(H,22,25). The fourth-order valence-electron chi connectivity index (χ4n) is 3.42. The summed E-state index contributed by atoms with van der Waals surface area (Å²) in [6, 6.07) is 20.6. The Balaban J connectivity index is 1.74. The van der Waals surface area contributed by atoms with Gasteiger partial charge < -0.3 is 15.0 Å². The van der Waals surface area contributed by atoms with Crippen LogP contribution in [-0.2, 0) is 0 Å². The molecule has 4 heteroatoms. The van der Waals surface area contributed by atoms with E-state index in [1.165, 1.54) is 5.56 Å². The molecule has 2 aromatic carbocycles. The number of nitrogens with one attached hydrogen (secondary N) is 1. The average Bonchev–Trinajstić information content (AvgIpc) is 3.12. The highest BCUT2D eigenvalue weighted by Gasteiger charge is 2.25. The molecule has 2 heterocycles. The van der Waals surface area contributed by atoms with Gasteiger partial charge in [0.15, 0.2) is 0 Å². The highest BCUT2D eigenvalue weighted by atomic mass is 16.3. The smallest absolute Gasteiger partial charge is 0.268 e. The molecule has 4 nitrogen and oxygen atoms in total. The van der Waals surface area contributed by atoms with Crippen molar-refractivity contribution in [3.05, 3.63) is 72.6 Å². The SMILES string of the molecule is O=C1NCC(CCO)n2cc(-c3cccc(-c4ccccc4)c3)cc21. The van der Waals surface area contributed by atoms with Gasteiger partial charge in [-0.15, -0.1) is 0 Å².